The number of ether oxygens (including phenoxy) is 2. The lowest BCUT2D eigenvalue weighted by molar-refractivity contribution is -0.172. The van der Waals surface area contributed by atoms with E-state index in [1.807, 2.05) is 0 Å². The third-order valence-electron chi connectivity index (χ3n) is 3.31. The van der Waals surface area contributed by atoms with Gasteiger partial charge in [-0.3, -0.25) is 0 Å². The van der Waals surface area contributed by atoms with Gasteiger partial charge in [0.15, 0.2) is 11.5 Å². The molecular formula is C14H20F3NO2. The van der Waals surface area contributed by atoms with Gasteiger partial charge >= 0.3 is 6.18 Å². The van der Waals surface area contributed by atoms with Crippen molar-refractivity contribution in [3.63, 3.8) is 0 Å². The Balaban J connectivity index is 2.95. The molecule has 0 amide bonds. The molecule has 2 unspecified atom stereocenters. The van der Waals surface area contributed by atoms with Crippen LogP contribution < -0.4 is 14.8 Å². The number of hydrogen-bond acceptors (Lipinski definition) is 3. The van der Waals surface area contributed by atoms with Crippen molar-refractivity contribution < 1.29 is 22.6 Å². The van der Waals surface area contributed by atoms with Gasteiger partial charge in [0.25, 0.3) is 0 Å². The number of nitrogens with one attached hydrogen (secondary N) is 1. The summed E-state index contributed by atoms with van der Waals surface area (Å²) < 4.78 is 48.2. The summed E-state index contributed by atoms with van der Waals surface area (Å²) in [5.41, 5.74) is 0.737. The van der Waals surface area contributed by atoms with Gasteiger partial charge in [0.1, 0.15) is 0 Å². The van der Waals surface area contributed by atoms with Crippen molar-refractivity contribution in [2.75, 3.05) is 21.3 Å². The normalized spacial score (nSPS) is 14.8. The fourth-order valence-corrected chi connectivity index (χ4v) is 1.98. The standard InChI is InChI=1S/C14H20F3NO2/c1-9(14(15,16)17)7-11(18-2)10-5-6-12(19-3)13(8-10)20-4/h5-6,8-9,11,18H,7H2,1-4H3. The van der Waals surface area contributed by atoms with Crippen LogP contribution in [-0.2, 0) is 0 Å². The summed E-state index contributed by atoms with van der Waals surface area (Å²) in [5, 5.41) is 2.91. The van der Waals surface area contributed by atoms with Crippen LogP contribution >= 0.6 is 0 Å². The lowest BCUT2D eigenvalue weighted by atomic mass is 9.95. The van der Waals surface area contributed by atoms with Crippen LogP contribution in [-0.4, -0.2) is 27.4 Å². The highest BCUT2D eigenvalue weighted by Crippen LogP contribution is 2.35. The third kappa shape index (κ3) is 4.03. The second-order valence-electron chi connectivity index (χ2n) is 4.63. The molecule has 1 rings (SSSR count). The summed E-state index contributed by atoms with van der Waals surface area (Å²) in [6, 6.07) is 4.73. The Bertz CT molecular complexity index is 435. The van der Waals surface area contributed by atoms with Gasteiger partial charge in [-0.1, -0.05) is 13.0 Å². The molecule has 1 N–H and O–H groups in total. The summed E-state index contributed by atoms with van der Waals surface area (Å²) in [6.07, 6.45) is -4.22. The van der Waals surface area contributed by atoms with E-state index in [-0.39, 0.29) is 6.42 Å². The van der Waals surface area contributed by atoms with Crippen molar-refractivity contribution in [1.82, 2.24) is 5.32 Å². The zero-order valence-corrected chi connectivity index (χ0v) is 12.0. The Kier molecular flexibility index (Phi) is 5.68. The average Bonchev–Trinajstić information content (AvgIpc) is 2.42. The van der Waals surface area contributed by atoms with E-state index >= 15 is 0 Å². The molecule has 0 aliphatic rings. The van der Waals surface area contributed by atoms with E-state index in [4.69, 9.17) is 9.47 Å². The second-order valence-corrected chi connectivity index (χ2v) is 4.63. The first-order valence-electron chi connectivity index (χ1n) is 6.29. The highest BCUT2D eigenvalue weighted by Gasteiger charge is 2.37. The smallest absolute Gasteiger partial charge is 0.391 e. The van der Waals surface area contributed by atoms with Gasteiger partial charge in [0.05, 0.1) is 20.1 Å². The molecule has 0 aliphatic heterocycles. The maximum absolute atomic E-state index is 12.7. The lowest BCUT2D eigenvalue weighted by Crippen LogP contribution is -2.26. The van der Waals surface area contributed by atoms with Crippen molar-refractivity contribution in [3.05, 3.63) is 23.8 Å². The topological polar surface area (TPSA) is 30.5 Å². The summed E-state index contributed by atoms with van der Waals surface area (Å²) in [7, 11) is 4.65. The average molecular weight is 291 g/mol. The molecule has 3 nitrogen and oxygen atoms in total. The fraction of sp³-hybridized carbons (Fsp3) is 0.571. The minimum atomic E-state index is -4.19. The molecule has 0 radical (unpaired) electrons. The van der Waals surface area contributed by atoms with Crippen molar-refractivity contribution in [2.45, 2.75) is 25.6 Å². The molecule has 0 spiro atoms. The Labute approximate surface area is 117 Å². The van der Waals surface area contributed by atoms with E-state index in [1.54, 1.807) is 25.2 Å². The maximum atomic E-state index is 12.7. The van der Waals surface area contributed by atoms with E-state index in [2.05, 4.69) is 5.32 Å². The number of rotatable bonds is 6. The number of methoxy groups -OCH3 is 2. The molecule has 1 aromatic carbocycles. The molecule has 0 fully saturated rings. The van der Waals surface area contributed by atoms with Crippen LogP contribution in [0.15, 0.2) is 18.2 Å². The molecule has 0 aliphatic carbocycles. The van der Waals surface area contributed by atoms with Crippen LogP contribution in [0.2, 0.25) is 0 Å². The Morgan fingerprint density at radius 1 is 1.15 bits per heavy atom. The number of alkyl halides is 3. The highest BCUT2D eigenvalue weighted by atomic mass is 19.4. The van der Waals surface area contributed by atoms with E-state index in [9.17, 15) is 13.2 Å². The fourth-order valence-electron chi connectivity index (χ4n) is 1.98. The SMILES string of the molecule is CNC(CC(C)C(F)(F)F)c1ccc(OC)c(OC)c1. The summed E-state index contributed by atoms with van der Waals surface area (Å²) >= 11 is 0. The lowest BCUT2D eigenvalue weighted by Gasteiger charge is -2.23. The van der Waals surface area contributed by atoms with Crippen LogP contribution in [0.25, 0.3) is 0 Å². The molecule has 0 saturated carbocycles. The van der Waals surface area contributed by atoms with Gasteiger partial charge < -0.3 is 14.8 Å². The highest BCUT2D eigenvalue weighted by molar-refractivity contribution is 5.43. The molecule has 114 valence electrons. The van der Waals surface area contributed by atoms with Gasteiger partial charge in [0, 0.05) is 6.04 Å². The maximum Gasteiger partial charge on any atom is 0.391 e. The van der Waals surface area contributed by atoms with Crippen molar-refractivity contribution >= 4 is 0 Å². The Hall–Kier alpha value is -1.43. The van der Waals surface area contributed by atoms with Crippen LogP contribution in [0.4, 0.5) is 13.2 Å². The summed E-state index contributed by atoms with van der Waals surface area (Å²) in [4.78, 5) is 0. The predicted octanol–water partition coefficient (Wildman–Crippen LogP) is 3.55. The molecule has 2 atom stereocenters. The zero-order valence-electron chi connectivity index (χ0n) is 12.0. The van der Waals surface area contributed by atoms with Crippen LogP contribution in [0, 0.1) is 5.92 Å². The molecule has 0 aromatic heterocycles. The minimum absolute atomic E-state index is 0.0323. The quantitative estimate of drug-likeness (QED) is 0.869. The van der Waals surface area contributed by atoms with Gasteiger partial charge in [-0.05, 0) is 31.2 Å². The molecule has 20 heavy (non-hydrogen) atoms. The summed E-state index contributed by atoms with van der Waals surface area (Å²) in [5.74, 6) is -0.326. The van der Waals surface area contributed by atoms with Crippen molar-refractivity contribution in [3.8, 4) is 11.5 Å². The van der Waals surface area contributed by atoms with Crippen molar-refractivity contribution in [1.29, 1.82) is 0 Å². The van der Waals surface area contributed by atoms with Gasteiger partial charge in [0.2, 0.25) is 0 Å². The van der Waals surface area contributed by atoms with Crippen LogP contribution in [0.1, 0.15) is 24.9 Å². The molecule has 0 bridgehead atoms. The van der Waals surface area contributed by atoms with E-state index in [1.165, 1.54) is 21.1 Å². The van der Waals surface area contributed by atoms with Crippen molar-refractivity contribution in [2.24, 2.45) is 5.92 Å². The molecule has 0 saturated heterocycles. The molecule has 6 heteroatoms. The van der Waals surface area contributed by atoms with Gasteiger partial charge in [-0.25, -0.2) is 0 Å². The first-order chi connectivity index (χ1) is 9.33. The largest absolute Gasteiger partial charge is 0.493 e. The van der Waals surface area contributed by atoms with Gasteiger partial charge in [-0.15, -0.1) is 0 Å². The number of hydrogen-bond donors (Lipinski definition) is 1. The monoisotopic (exact) mass is 291 g/mol. The first-order valence-corrected chi connectivity index (χ1v) is 6.29. The third-order valence-corrected chi connectivity index (χ3v) is 3.31. The molecule has 1 aromatic rings. The van der Waals surface area contributed by atoms with Crippen LogP contribution in [0.3, 0.4) is 0 Å². The Morgan fingerprint density at radius 3 is 2.20 bits per heavy atom. The van der Waals surface area contributed by atoms with Crippen LogP contribution in [0.5, 0.6) is 11.5 Å². The number of benzene rings is 1. The number of halogens is 3. The van der Waals surface area contributed by atoms with Gasteiger partial charge in [-0.2, -0.15) is 13.2 Å². The predicted molar refractivity (Wildman–Crippen MR) is 71.2 cm³/mol. The first kappa shape index (κ1) is 16.6. The van der Waals surface area contributed by atoms with E-state index in [0.717, 1.165) is 5.56 Å². The van der Waals surface area contributed by atoms with E-state index < -0.39 is 18.1 Å². The molecule has 0 heterocycles. The zero-order chi connectivity index (χ0) is 15.3. The summed E-state index contributed by atoms with van der Waals surface area (Å²) in [6.45, 7) is 1.19. The molecular weight excluding hydrogens is 271 g/mol. The van der Waals surface area contributed by atoms with E-state index in [0.29, 0.717) is 11.5 Å². The minimum Gasteiger partial charge on any atom is -0.493 e. The Morgan fingerprint density at radius 2 is 1.75 bits per heavy atom. The second kappa shape index (κ2) is 6.83.